The van der Waals surface area contributed by atoms with Crippen molar-refractivity contribution in [3.8, 4) is 0 Å². The van der Waals surface area contributed by atoms with Crippen molar-refractivity contribution in [1.82, 2.24) is 4.90 Å². The maximum absolute atomic E-state index is 12.6. The Hall–Kier alpha value is -1.65. The minimum atomic E-state index is 0.0994. The van der Waals surface area contributed by atoms with Gasteiger partial charge in [0.2, 0.25) is 5.91 Å². The van der Waals surface area contributed by atoms with E-state index in [9.17, 15) is 4.79 Å². The molecule has 1 saturated heterocycles. The van der Waals surface area contributed by atoms with Crippen LogP contribution in [0.25, 0.3) is 0 Å². The molecule has 1 heterocycles. The summed E-state index contributed by atoms with van der Waals surface area (Å²) in [6.07, 6.45) is 2.10. The quantitative estimate of drug-likeness (QED) is 0.780. The van der Waals surface area contributed by atoms with Crippen LogP contribution in [0.3, 0.4) is 0 Å². The van der Waals surface area contributed by atoms with Crippen LogP contribution in [0.1, 0.15) is 13.8 Å². The van der Waals surface area contributed by atoms with Crippen LogP contribution in [0, 0.1) is 0 Å². The van der Waals surface area contributed by atoms with Gasteiger partial charge < -0.3 is 9.64 Å². The maximum Gasteiger partial charge on any atom is 0.241 e. The number of nitrogens with zero attached hydrogens (tertiary/aromatic N) is 2. The van der Waals surface area contributed by atoms with Crippen LogP contribution in [0.15, 0.2) is 43.0 Å². The zero-order valence-electron chi connectivity index (χ0n) is 12.9. The Labute approximate surface area is 127 Å². The smallest absolute Gasteiger partial charge is 0.241 e. The lowest BCUT2D eigenvalue weighted by molar-refractivity contribution is -0.123. The lowest BCUT2D eigenvalue weighted by atomic mass is 10.2. The van der Waals surface area contributed by atoms with Gasteiger partial charge in [-0.15, -0.1) is 6.58 Å². The molecule has 0 aromatic heterocycles. The number of carbonyl (C=O) groups excluding carboxylic acids is 1. The molecule has 0 N–H and O–H groups in total. The number of rotatable bonds is 5. The molecule has 1 aromatic carbocycles. The predicted octanol–water partition coefficient (Wildman–Crippen LogP) is 2.31. The fourth-order valence-electron chi connectivity index (χ4n) is 2.78. The normalized spacial score (nSPS) is 22.8. The number of hydrogen-bond donors (Lipinski definition) is 0. The van der Waals surface area contributed by atoms with Crippen LogP contribution >= 0.6 is 0 Å². The van der Waals surface area contributed by atoms with Gasteiger partial charge in [0.25, 0.3) is 0 Å². The van der Waals surface area contributed by atoms with E-state index in [1.165, 1.54) is 0 Å². The zero-order valence-corrected chi connectivity index (χ0v) is 12.9. The van der Waals surface area contributed by atoms with E-state index >= 15 is 0 Å². The van der Waals surface area contributed by atoms with Gasteiger partial charge in [0.15, 0.2) is 0 Å². The highest BCUT2D eigenvalue weighted by Crippen LogP contribution is 2.15. The largest absolute Gasteiger partial charge is 0.373 e. The van der Waals surface area contributed by atoms with E-state index in [1.807, 2.05) is 44.2 Å². The first-order valence-electron chi connectivity index (χ1n) is 7.44. The fraction of sp³-hybridized carbons (Fsp3) is 0.471. The van der Waals surface area contributed by atoms with Crippen molar-refractivity contribution in [2.45, 2.75) is 26.1 Å². The van der Waals surface area contributed by atoms with Gasteiger partial charge in [-0.05, 0) is 26.0 Å². The van der Waals surface area contributed by atoms with E-state index in [0.717, 1.165) is 18.8 Å². The van der Waals surface area contributed by atoms with Gasteiger partial charge in [0.05, 0.1) is 18.8 Å². The van der Waals surface area contributed by atoms with Crippen LogP contribution in [0.4, 0.5) is 5.69 Å². The summed E-state index contributed by atoms with van der Waals surface area (Å²) in [5.41, 5.74) is 0.914. The number of hydrogen-bond acceptors (Lipinski definition) is 3. The first kappa shape index (κ1) is 15.7. The van der Waals surface area contributed by atoms with Crippen LogP contribution in [0.2, 0.25) is 0 Å². The van der Waals surface area contributed by atoms with E-state index in [2.05, 4.69) is 11.5 Å². The Balaban J connectivity index is 2.03. The topological polar surface area (TPSA) is 32.8 Å². The molecule has 1 aliphatic heterocycles. The number of para-hydroxylation sites is 1. The Bertz CT molecular complexity index is 465. The second kappa shape index (κ2) is 7.38. The molecule has 1 fully saturated rings. The SMILES string of the molecule is C=CCN(C(=O)CN1CC(C)OC(C)C1)c1ccccc1. The van der Waals surface area contributed by atoms with E-state index in [0.29, 0.717) is 13.1 Å². The summed E-state index contributed by atoms with van der Waals surface area (Å²) in [4.78, 5) is 16.6. The first-order valence-corrected chi connectivity index (χ1v) is 7.44. The average molecular weight is 288 g/mol. The molecule has 0 spiro atoms. The fourth-order valence-corrected chi connectivity index (χ4v) is 2.78. The summed E-state index contributed by atoms with van der Waals surface area (Å²) >= 11 is 0. The van der Waals surface area contributed by atoms with Crippen molar-refractivity contribution in [2.24, 2.45) is 0 Å². The number of morpholine rings is 1. The lowest BCUT2D eigenvalue weighted by Gasteiger charge is -2.35. The minimum absolute atomic E-state index is 0.0994. The predicted molar refractivity (Wildman–Crippen MR) is 85.4 cm³/mol. The highest BCUT2D eigenvalue weighted by molar-refractivity contribution is 5.95. The third-order valence-electron chi connectivity index (χ3n) is 3.53. The minimum Gasteiger partial charge on any atom is -0.373 e. The molecule has 114 valence electrons. The van der Waals surface area contributed by atoms with Crippen molar-refractivity contribution in [1.29, 1.82) is 0 Å². The van der Waals surface area contributed by atoms with Gasteiger partial charge in [-0.25, -0.2) is 0 Å². The highest BCUT2D eigenvalue weighted by atomic mass is 16.5. The Morgan fingerprint density at radius 2 is 1.95 bits per heavy atom. The van der Waals surface area contributed by atoms with E-state index in [-0.39, 0.29) is 18.1 Å². The molecule has 0 aliphatic carbocycles. The Morgan fingerprint density at radius 3 is 2.52 bits per heavy atom. The summed E-state index contributed by atoms with van der Waals surface area (Å²) in [5.74, 6) is 0.0994. The standard InChI is InChI=1S/C17H24N2O2/c1-4-10-19(16-8-6-5-7-9-16)17(20)13-18-11-14(2)21-15(3)12-18/h4-9,14-15H,1,10-13H2,2-3H3. The van der Waals surface area contributed by atoms with Crippen LogP contribution in [0.5, 0.6) is 0 Å². The van der Waals surface area contributed by atoms with Gasteiger partial charge >= 0.3 is 0 Å². The number of amides is 1. The molecule has 4 nitrogen and oxygen atoms in total. The number of ether oxygens (including phenoxy) is 1. The van der Waals surface area contributed by atoms with E-state index in [4.69, 9.17) is 4.74 Å². The van der Waals surface area contributed by atoms with E-state index < -0.39 is 0 Å². The molecular weight excluding hydrogens is 264 g/mol. The molecule has 2 atom stereocenters. The van der Waals surface area contributed by atoms with Gasteiger partial charge in [0.1, 0.15) is 0 Å². The van der Waals surface area contributed by atoms with Crippen LogP contribution < -0.4 is 4.90 Å². The molecule has 2 unspecified atom stereocenters. The maximum atomic E-state index is 12.6. The molecule has 1 aliphatic rings. The van der Waals surface area contributed by atoms with Crippen LogP contribution in [-0.2, 0) is 9.53 Å². The molecule has 4 heteroatoms. The molecule has 0 bridgehead atoms. The monoisotopic (exact) mass is 288 g/mol. The average Bonchev–Trinajstić information content (AvgIpc) is 2.44. The number of benzene rings is 1. The third-order valence-corrected chi connectivity index (χ3v) is 3.53. The second-order valence-corrected chi connectivity index (χ2v) is 5.58. The molecule has 1 amide bonds. The van der Waals surface area contributed by atoms with E-state index in [1.54, 1.807) is 11.0 Å². The lowest BCUT2D eigenvalue weighted by Crippen LogP contribution is -2.50. The van der Waals surface area contributed by atoms with Gasteiger partial charge in [-0.2, -0.15) is 0 Å². The third kappa shape index (κ3) is 4.41. The summed E-state index contributed by atoms with van der Waals surface area (Å²) in [6.45, 7) is 10.4. The van der Waals surface area contributed by atoms with Crippen molar-refractivity contribution >= 4 is 11.6 Å². The number of carbonyl (C=O) groups is 1. The molecule has 1 aromatic rings. The van der Waals surface area contributed by atoms with Gasteiger partial charge in [-0.1, -0.05) is 24.3 Å². The van der Waals surface area contributed by atoms with Crippen molar-refractivity contribution < 1.29 is 9.53 Å². The van der Waals surface area contributed by atoms with Crippen molar-refractivity contribution in [3.05, 3.63) is 43.0 Å². The van der Waals surface area contributed by atoms with Crippen molar-refractivity contribution in [3.63, 3.8) is 0 Å². The molecule has 2 rings (SSSR count). The summed E-state index contributed by atoms with van der Waals surface area (Å²) in [6, 6.07) is 9.73. The molecule has 0 radical (unpaired) electrons. The van der Waals surface area contributed by atoms with Crippen LogP contribution in [-0.4, -0.2) is 49.2 Å². The summed E-state index contributed by atoms with van der Waals surface area (Å²) in [7, 11) is 0. The summed E-state index contributed by atoms with van der Waals surface area (Å²) in [5, 5.41) is 0. The molecular formula is C17H24N2O2. The summed E-state index contributed by atoms with van der Waals surface area (Å²) < 4.78 is 5.71. The highest BCUT2D eigenvalue weighted by Gasteiger charge is 2.25. The first-order chi connectivity index (χ1) is 10.1. The molecule has 21 heavy (non-hydrogen) atoms. The number of anilines is 1. The Kier molecular flexibility index (Phi) is 5.53. The van der Waals surface area contributed by atoms with Crippen molar-refractivity contribution in [2.75, 3.05) is 31.1 Å². The Morgan fingerprint density at radius 1 is 1.33 bits per heavy atom. The zero-order chi connectivity index (χ0) is 15.2. The molecule has 0 saturated carbocycles. The van der Waals surface area contributed by atoms with Gasteiger partial charge in [0, 0.05) is 25.3 Å². The second-order valence-electron chi connectivity index (χ2n) is 5.58. The van der Waals surface area contributed by atoms with Gasteiger partial charge in [-0.3, -0.25) is 9.69 Å².